The summed E-state index contributed by atoms with van der Waals surface area (Å²) in [5.41, 5.74) is 8.25. The number of azide groups is 1. The normalized spacial score (nSPS) is 12.1. The predicted molar refractivity (Wildman–Crippen MR) is 134 cm³/mol. The van der Waals surface area contributed by atoms with Crippen LogP contribution in [-0.4, -0.2) is 19.7 Å². The molecule has 0 radical (unpaired) electrons. The summed E-state index contributed by atoms with van der Waals surface area (Å²) in [5, 5.41) is 5.59. The first-order chi connectivity index (χ1) is 15.0. The van der Waals surface area contributed by atoms with Crippen LogP contribution in [0.3, 0.4) is 0 Å². The highest BCUT2D eigenvalue weighted by Crippen LogP contribution is 2.40. The van der Waals surface area contributed by atoms with Gasteiger partial charge in [0.05, 0.1) is 0 Å². The van der Waals surface area contributed by atoms with Gasteiger partial charge in [-0.1, -0.05) is 105 Å². The number of hydrogen-bond donors (Lipinski definition) is 1. The van der Waals surface area contributed by atoms with Crippen molar-refractivity contribution >= 4 is 18.7 Å². The van der Waals surface area contributed by atoms with E-state index in [9.17, 15) is 4.80 Å². The van der Waals surface area contributed by atoms with Crippen LogP contribution in [0, 0.1) is 0 Å². The quantitative estimate of drug-likeness (QED) is 0.0902. The summed E-state index contributed by atoms with van der Waals surface area (Å²) in [4.78, 5) is 14.9. The molecule has 0 atom stereocenters. The highest BCUT2D eigenvalue weighted by molar-refractivity contribution is 6.98. The molecule has 0 bridgehead atoms. The zero-order chi connectivity index (χ0) is 22.4. The fourth-order valence-electron chi connectivity index (χ4n) is 4.22. The van der Waals surface area contributed by atoms with Gasteiger partial charge in [-0.15, -0.1) is 0 Å². The van der Waals surface area contributed by atoms with Gasteiger partial charge in [-0.25, -0.2) is 0 Å². The molecule has 2 aromatic rings. The van der Waals surface area contributed by atoms with E-state index >= 15 is 0 Å². The Labute approximate surface area is 188 Å². The topological polar surface area (TPSA) is 69.0 Å². The molecule has 0 aliphatic carbocycles. The van der Waals surface area contributed by atoms with E-state index in [2.05, 4.69) is 60.3 Å². The number of allylic oxidation sites excluding steroid dienone is 2. The molecule has 0 aliphatic rings. The van der Waals surface area contributed by atoms with Crippen LogP contribution in [0.25, 0.3) is 10.4 Å². The molecule has 0 amide bonds. The van der Waals surface area contributed by atoms with Crippen molar-refractivity contribution in [3.05, 3.63) is 83.3 Å². The first-order valence-corrected chi connectivity index (χ1v) is 13.5. The SMILES string of the molecule is CC(C)(CCCCC/C=C\CCCCN=[N+]=[N-])[Si](O)(c1ccccc1)c1ccccc1. The van der Waals surface area contributed by atoms with Crippen molar-refractivity contribution in [2.24, 2.45) is 5.11 Å². The summed E-state index contributed by atoms with van der Waals surface area (Å²) in [7, 11) is -2.87. The molecule has 2 aromatic carbocycles. The monoisotopic (exact) mass is 435 g/mol. The van der Waals surface area contributed by atoms with Crippen molar-refractivity contribution in [1.82, 2.24) is 0 Å². The first-order valence-electron chi connectivity index (χ1n) is 11.5. The molecule has 166 valence electrons. The van der Waals surface area contributed by atoms with Crippen LogP contribution in [0.5, 0.6) is 0 Å². The molecule has 31 heavy (non-hydrogen) atoms. The molecule has 5 heteroatoms. The van der Waals surface area contributed by atoms with Gasteiger partial charge in [0.1, 0.15) is 0 Å². The average molecular weight is 436 g/mol. The van der Waals surface area contributed by atoms with E-state index in [1.165, 1.54) is 12.8 Å². The van der Waals surface area contributed by atoms with Crippen LogP contribution in [-0.2, 0) is 0 Å². The summed E-state index contributed by atoms with van der Waals surface area (Å²) in [6.07, 6.45) is 13.2. The Bertz CT molecular complexity index is 791. The Hall–Kier alpha value is -2.33. The molecule has 0 aliphatic heterocycles. The van der Waals surface area contributed by atoms with Gasteiger partial charge in [0.15, 0.2) is 0 Å². The minimum Gasteiger partial charge on any atom is -0.424 e. The molecular formula is C26H37N3OSi. The van der Waals surface area contributed by atoms with Crippen LogP contribution in [0.4, 0.5) is 0 Å². The molecule has 0 heterocycles. The first kappa shape index (κ1) is 24.9. The van der Waals surface area contributed by atoms with Crippen LogP contribution < -0.4 is 10.4 Å². The fraction of sp³-hybridized carbons (Fsp3) is 0.462. The van der Waals surface area contributed by atoms with E-state index in [0.717, 1.165) is 48.9 Å². The lowest BCUT2D eigenvalue weighted by molar-refractivity contribution is 0.449. The van der Waals surface area contributed by atoms with Gasteiger partial charge >= 0.3 is 0 Å². The van der Waals surface area contributed by atoms with E-state index in [4.69, 9.17) is 5.53 Å². The van der Waals surface area contributed by atoms with Crippen molar-refractivity contribution in [2.45, 2.75) is 70.3 Å². The molecule has 0 saturated carbocycles. The van der Waals surface area contributed by atoms with Gasteiger partial charge in [-0.3, -0.25) is 0 Å². The van der Waals surface area contributed by atoms with E-state index in [-0.39, 0.29) is 5.04 Å². The molecule has 1 N–H and O–H groups in total. The Morgan fingerprint density at radius 2 is 1.35 bits per heavy atom. The molecule has 0 aromatic heterocycles. The lowest BCUT2D eigenvalue weighted by Crippen LogP contribution is -2.65. The number of hydrogen-bond acceptors (Lipinski definition) is 2. The highest BCUT2D eigenvalue weighted by Gasteiger charge is 2.49. The van der Waals surface area contributed by atoms with Crippen molar-refractivity contribution in [1.29, 1.82) is 0 Å². The molecule has 4 nitrogen and oxygen atoms in total. The van der Waals surface area contributed by atoms with Gasteiger partial charge in [-0.2, -0.15) is 0 Å². The summed E-state index contributed by atoms with van der Waals surface area (Å²) >= 11 is 0. The van der Waals surface area contributed by atoms with Gasteiger partial charge in [0.2, 0.25) is 0 Å². The third-order valence-corrected chi connectivity index (χ3v) is 10.7. The van der Waals surface area contributed by atoms with E-state index in [1.807, 2.05) is 36.4 Å². The van der Waals surface area contributed by atoms with Crippen LogP contribution in [0.2, 0.25) is 5.04 Å². The van der Waals surface area contributed by atoms with Gasteiger partial charge in [0.25, 0.3) is 8.32 Å². The lowest BCUT2D eigenvalue weighted by atomic mass is 10.0. The molecule has 0 spiro atoms. The van der Waals surface area contributed by atoms with Gasteiger partial charge in [-0.05, 0) is 59.5 Å². The number of rotatable bonds is 14. The molecular weight excluding hydrogens is 398 g/mol. The van der Waals surface area contributed by atoms with Crippen molar-refractivity contribution in [3.63, 3.8) is 0 Å². The number of unbranched alkanes of at least 4 members (excludes halogenated alkanes) is 5. The second-order valence-corrected chi connectivity index (χ2v) is 12.8. The minimum atomic E-state index is -2.87. The number of benzene rings is 2. The third kappa shape index (κ3) is 7.39. The van der Waals surface area contributed by atoms with Crippen molar-refractivity contribution < 1.29 is 4.80 Å². The molecule has 0 unspecified atom stereocenters. The maximum atomic E-state index is 12.2. The second kappa shape index (κ2) is 13.2. The molecule has 0 saturated heterocycles. The zero-order valence-electron chi connectivity index (χ0n) is 19.1. The predicted octanol–water partition coefficient (Wildman–Crippen LogP) is 6.51. The van der Waals surface area contributed by atoms with Gasteiger partial charge in [0, 0.05) is 11.5 Å². The van der Waals surface area contributed by atoms with E-state index in [0.29, 0.717) is 6.54 Å². The summed E-state index contributed by atoms with van der Waals surface area (Å²) in [6.45, 7) is 5.09. The Balaban J connectivity index is 1.86. The average Bonchev–Trinajstić information content (AvgIpc) is 2.80. The van der Waals surface area contributed by atoms with Crippen LogP contribution in [0.15, 0.2) is 77.9 Å². The zero-order valence-corrected chi connectivity index (χ0v) is 20.1. The Kier molecular flexibility index (Phi) is 10.6. The van der Waals surface area contributed by atoms with Crippen LogP contribution >= 0.6 is 0 Å². The van der Waals surface area contributed by atoms with Crippen LogP contribution in [0.1, 0.15) is 65.2 Å². The lowest BCUT2D eigenvalue weighted by Gasteiger charge is -2.41. The summed E-state index contributed by atoms with van der Waals surface area (Å²) in [5.74, 6) is 0. The Morgan fingerprint density at radius 3 is 1.87 bits per heavy atom. The summed E-state index contributed by atoms with van der Waals surface area (Å²) < 4.78 is 0. The third-order valence-electron chi connectivity index (χ3n) is 6.14. The number of nitrogens with zero attached hydrogens (tertiary/aromatic N) is 3. The summed E-state index contributed by atoms with van der Waals surface area (Å²) in [6, 6.07) is 20.6. The molecule has 0 fully saturated rings. The van der Waals surface area contributed by atoms with Gasteiger partial charge < -0.3 is 4.80 Å². The Morgan fingerprint density at radius 1 is 0.839 bits per heavy atom. The van der Waals surface area contributed by atoms with Crippen molar-refractivity contribution in [2.75, 3.05) is 6.54 Å². The molecule has 2 rings (SSSR count). The second-order valence-electron chi connectivity index (χ2n) is 8.85. The highest BCUT2D eigenvalue weighted by atomic mass is 28.4. The minimum absolute atomic E-state index is 0.155. The standard InChI is InChI=1S/C26H37N3OSi/c1-26(2,22-16-8-6-4-3-5-7-9-17-23-28-29-27)31(30,24-18-12-10-13-19-24)25-20-14-11-15-21-25/h3,5,10-15,18-21,30H,4,6-9,16-17,22-23H2,1-2H3/b5-3-. The maximum absolute atomic E-state index is 12.2. The fourth-order valence-corrected chi connectivity index (χ4v) is 8.00. The smallest absolute Gasteiger partial charge is 0.258 e. The van der Waals surface area contributed by atoms with Crippen molar-refractivity contribution in [3.8, 4) is 0 Å². The largest absolute Gasteiger partial charge is 0.424 e. The van der Waals surface area contributed by atoms with E-state index in [1.54, 1.807) is 0 Å². The maximum Gasteiger partial charge on any atom is 0.258 e. The van der Waals surface area contributed by atoms with E-state index < -0.39 is 8.32 Å².